The molecule has 3 atom stereocenters. The molecule has 0 unspecified atom stereocenters. The van der Waals surface area contributed by atoms with Gasteiger partial charge < -0.3 is 15.0 Å². The Morgan fingerprint density at radius 3 is 2.84 bits per heavy atom. The third-order valence-corrected chi connectivity index (χ3v) is 7.48. The van der Waals surface area contributed by atoms with E-state index in [1.165, 1.54) is 23.1 Å². The Balaban J connectivity index is 1.29. The van der Waals surface area contributed by atoms with Gasteiger partial charge in [-0.05, 0) is 55.2 Å². The molecular weight excluding hydrogens is 386 g/mol. The maximum absolute atomic E-state index is 13.1. The molecule has 0 bridgehead atoms. The molecule has 5 nitrogen and oxygen atoms in total. The molecule has 0 saturated carbocycles. The lowest BCUT2D eigenvalue weighted by atomic mass is 9.76. The zero-order valence-corrected chi connectivity index (χ0v) is 18.4. The number of hydrogen-bond acceptors (Lipinski definition) is 3. The maximum atomic E-state index is 13.1. The number of rotatable bonds is 4. The third-order valence-electron chi connectivity index (χ3n) is 7.48. The summed E-state index contributed by atoms with van der Waals surface area (Å²) in [4.78, 5) is 17.9. The smallest absolute Gasteiger partial charge is 0.317 e. The van der Waals surface area contributed by atoms with Crippen molar-refractivity contribution in [3.63, 3.8) is 0 Å². The molecule has 2 amide bonds. The van der Waals surface area contributed by atoms with E-state index in [2.05, 4.69) is 57.6 Å². The highest BCUT2D eigenvalue weighted by Gasteiger charge is 2.44. The minimum atomic E-state index is 0.112. The number of piperidine rings is 2. The van der Waals surface area contributed by atoms with Crippen LogP contribution in [-0.2, 0) is 12.8 Å². The lowest BCUT2D eigenvalue weighted by Gasteiger charge is -2.52. The average Bonchev–Trinajstić information content (AvgIpc) is 2.82. The molecule has 0 aliphatic carbocycles. The molecule has 3 aliphatic heterocycles. The van der Waals surface area contributed by atoms with Gasteiger partial charge in [-0.1, -0.05) is 42.5 Å². The molecule has 0 aromatic heterocycles. The summed E-state index contributed by atoms with van der Waals surface area (Å²) < 4.78 is 5.65. The zero-order valence-electron chi connectivity index (χ0n) is 18.4. The number of carbonyl (C=O) groups is 1. The maximum Gasteiger partial charge on any atom is 0.317 e. The standard InChI is InChI=1S/C26H33N3O2/c1-31-25-11-5-10-21-22(25)13-16-28-18-20-9-6-15-29(23(20)17-24(21)28)26(30)27-14-12-19-7-3-2-4-8-19/h2-5,7-8,10-11,20,23-24H,6,9,12-18H2,1H3,(H,27,30)/t20-,23+,24-/m1/s1. The minimum Gasteiger partial charge on any atom is -0.496 e. The number of methoxy groups -OCH3 is 1. The summed E-state index contributed by atoms with van der Waals surface area (Å²) in [5, 5.41) is 3.20. The fourth-order valence-corrected chi connectivity index (χ4v) is 5.97. The second-order valence-corrected chi connectivity index (χ2v) is 9.16. The van der Waals surface area contributed by atoms with Gasteiger partial charge in [0.2, 0.25) is 0 Å². The molecule has 2 aromatic rings. The number of amides is 2. The van der Waals surface area contributed by atoms with E-state index in [0.717, 1.165) is 51.1 Å². The molecule has 0 spiro atoms. The average molecular weight is 420 g/mol. The van der Waals surface area contributed by atoms with Crippen molar-refractivity contribution in [3.8, 4) is 5.75 Å². The van der Waals surface area contributed by atoms with Crippen LogP contribution in [-0.4, -0.2) is 55.2 Å². The monoisotopic (exact) mass is 419 g/mol. The van der Waals surface area contributed by atoms with Gasteiger partial charge in [0.05, 0.1) is 7.11 Å². The van der Waals surface area contributed by atoms with Gasteiger partial charge in [-0.3, -0.25) is 4.90 Å². The van der Waals surface area contributed by atoms with Crippen LogP contribution in [0.4, 0.5) is 4.79 Å². The third kappa shape index (κ3) is 4.03. The zero-order chi connectivity index (χ0) is 21.2. The topological polar surface area (TPSA) is 44.8 Å². The normalized spacial score (nSPS) is 25.2. The predicted octanol–water partition coefficient (Wildman–Crippen LogP) is 4.03. The molecule has 3 aliphatic rings. The van der Waals surface area contributed by atoms with Crippen molar-refractivity contribution in [2.24, 2.45) is 5.92 Å². The number of ether oxygens (including phenoxy) is 1. The molecule has 5 rings (SSSR count). The Bertz CT molecular complexity index is 916. The Kier molecular flexibility index (Phi) is 5.86. The van der Waals surface area contributed by atoms with Crippen molar-refractivity contribution in [2.45, 2.75) is 44.2 Å². The highest BCUT2D eigenvalue weighted by atomic mass is 16.5. The van der Waals surface area contributed by atoms with E-state index >= 15 is 0 Å². The van der Waals surface area contributed by atoms with Crippen LogP contribution >= 0.6 is 0 Å². The minimum absolute atomic E-state index is 0.112. The summed E-state index contributed by atoms with van der Waals surface area (Å²) in [6.45, 7) is 3.74. The summed E-state index contributed by atoms with van der Waals surface area (Å²) in [6.07, 6.45) is 5.29. The van der Waals surface area contributed by atoms with E-state index in [9.17, 15) is 4.79 Å². The number of urea groups is 1. The van der Waals surface area contributed by atoms with Crippen molar-refractivity contribution >= 4 is 6.03 Å². The molecule has 2 saturated heterocycles. The second kappa shape index (κ2) is 8.91. The first kappa shape index (κ1) is 20.4. The first-order valence-electron chi connectivity index (χ1n) is 11.7. The lowest BCUT2D eigenvalue weighted by Crippen LogP contribution is -2.59. The summed E-state index contributed by atoms with van der Waals surface area (Å²) in [5.41, 5.74) is 4.03. The van der Waals surface area contributed by atoms with E-state index < -0.39 is 0 Å². The van der Waals surface area contributed by atoms with Crippen LogP contribution in [0, 0.1) is 5.92 Å². The molecule has 0 radical (unpaired) electrons. The summed E-state index contributed by atoms with van der Waals surface area (Å²) in [7, 11) is 1.77. The van der Waals surface area contributed by atoms with Gasteiger partial charge in [-0.2, -0.15) is 0 Å². The lowest BCUT2D eigenvalue weighted by molar-refractivity contribution is 0.00556. The SMILES string of the molecule is COc1cccc2c1CCN1C[C@H]3CCCN(C(=O)NCCc4ccccc4)[C@H]3C[C@H]21. The Morgan fingerprint density at radius 2 is 2.00 bits per heavy atom. The predicted molar refractivity (Wildman–Crippen MR) is 122 cm³/mol. The van der Waals surface area contributed by atoms with Gasteiger partial charge in [0.15, 0.2) is 0 Å². The van der Waals surface area contributed by atoms with Crippen LogP contribution in [0.1, 0.15) is 42.0 Å². The molecule has 31 heavy (non-hydrogen) atoms. The van der Waals surface area contributed by atoms with Crippen molar-refractivity contribution in [1.29, 1.82) is 0 Å². The fraction of sp³-hybridized carbons (Fsp3) is 0.500. The van der Waals surface area contributed by atoms with E-state index in [0.29, 0.717) is 24.5 Å². The summed E-state index contributed by atoms with van der Waals surface area (Å²) >= 11 is 0. The number of benzene rings is 2. The van der Waals surface area contributed by atoms with Crippen LogP contribution in [0.2, 0.25) is 0 Å². The van der Waals surface area contributed by atoms with Gasteiger partial charge in [0.25, 0.3) is 0 Å². The van der Waals surface area contributed by atoms with Gasteiger partial charge in [-0.15, -0.1) is 0 Å². The molecule has 2 aromatic carbocycles. The Hall–Kier alpha value is -2.53. The van der Waals surface area contributed by atoms with E-state index in [-0.39, 0.29) is 6.03 Å². The van der Waals surface area contributed by atoms with Crippen LogP contribution in [0.5, 0.6) is 5.75 Å². The van der Waals surface area contributed by atoms with Gasteiger partial charge in [-0.25, -0.2) is 4.79 Å². The van der Waals surface area contributed by atoms with E-state index in [1.54, 1.807) is 7.11 Å². The number of likely N-dealkylation sites (tertiary alicyclic amines) is 1. The largest absolute Gasteiger partial charge is 0.496 e. The molecule has 2 fully saturated rings. The van der Waals surface area contributed by atoms with E-state index in [4.69, 9.17) is 4.74 Å². The first-order valence-corrected chi connectivity index (χ1v) is 11.7. The molecule has 5 heteroatoms. The number of nitrogens with one attached hydrogen (secondary N) is 1. The molecule has 164 valence electrons. The Morgan fingerprint density at radius 1 is 1.13 bits per heavy atom. The molecule has 1 N–H and O–H groups in total. The quantitative estimate of drug-likeness (QED) is 0.814. The Labute approximate surface area is 185 Å². The number of nitrogens with zero attached hydrogens (tertiary/aromatic N) is 2. The first-order chi connectivity index (χ1) is 15.2. The highest BCUT2D eigenvalue weighted by Crippen LogP contribution is 2.44. The fourth-order valence-electron chi connectivity index (χ4n) is 5.97. The van der Waals surface area contributed by atoms with Crippen LogP contribution in [0.3, 0.4) is 0 Å². The summed E-state index contributed by atoms with van der Waals surface area (Å²) in [5.74, 6) is 1.59. The number of fused-ring (bicyclic) bond motifs is 4. The molecule has 3 heterocycles. The van der Waals surface area contributed by atoms with Crippen molar-refractivity contribution < 1.29 is 9.53 Å². The van der Waals surface area contributed by atoms with Crippen LogP contribution in [0.25, 0.3) is 0 Å². The van der Waals surface area contributed by atoms with Gasteiger partial charge >= 0.3 is 6.03 Å². The van der Waals surface area contributed by atoms with E-state index in [1.807, 2.05) is 6.07 Å². The van der Waals surface area contributed by atoms with Crippen molar-refractivity contribution in [1.82, 2.24) is 15.1 Å². The molecular formula is C26H33N3O2. The highest BCUT2D eigenvalue weighted by molar-refractivity contribution is 5.74. The van der Waals surface area contributed by atoms with Crippen LogP contribution in [0.15, 0.2) is 48.5 Å². The van der Waals surface area contributed by atoms with Gasteiger partial charge in [0, 0.05) is 43.8 Å². The second-order valence-electron chi connectivity index (χ2n) is 9.16. The number of hydrogen-bond donors (Lipinski definition) is 1. The van der Waals surface area contributed by atoms with Crippen molar-refractivity contribution in [3.05, 3.63) is 65.2 Å². The number of carbonyl (C=O) groups excluding carboxylic acids is 1. The van der Waals surface area contributed by atoms with Crippen molar-refractivity contribution in [2.75, 3.05) is 33.3 Å². The van der Waals surface area contributed by atoms with Gasteiger partial charge in [0.1, 0.15) is 5.75 Å². The summed E-state index contributed by atoms with van der Waals surface area (Å²) in [6, 6.07) is 17.6. The van der Waals surface area contributed by atoms with Crippen LogP contribution < -0.4 is 10.1 Å².